The van der Waals surface area contributed by atoms with Crippen molar-refractivity contribution in [3.05, 3.63) is 33.4 Å². The molecule has 15 heavy (non-hydrogen) atoms. The third-order valence-corrected chi connectivity index (χ3v) is 3.36. The van der Waals surface area contributed by atoms with E-state index in [9.17, 15) is 0 Å². The summed E-state index contributed by atoms with van der Waals surface area (Å²) in [5.41, 5.74) is 7.38. The maximum Gasteiger partial charge on any atom is 0.0465 e. The second-order valence-electron chi connectivity index (χ2n) is 3.84. The molecular formula is C12H18INO. The van der Waals surface area contributed by atoms with E-state index in [4.69, 9.17) is 10.5 Å². The van der Waals surface area contributed by atoms with Crippen molar-refractivity contribution in [2.75, 3.05) is 13.7 Å². The Balaban J connectivity index is 2.59. The highest BCUT2D eigenvalue weighted by Gasteiger charge is 2.14. The lowest BCUT2D eigenvalue weighted by atomic mass is 9.93. The van der Waals surface area contributed by atoms with Gasteiger partial charge in [-0.1, -0.05) is 19.1 Å². The van der Waals surface area contributed by atoms with Gasteiger partial charge in [0.25, 0.3) is 0 Å². The van der Waals surface area contributed by atoms with Crippen LogP contribution in [0.2, 0.25) is 0 Å². The quantitative estimate of drug-likeness (QED) is 0.847. The third kappa shape index (κ3) is 4.09. The first-order chi connectivity index (χ1) is 7.15. The van der Waals surface area contributed by atoms with Crippen molar-refractivity contribution in [3.8, 4) is 0 Å². The smallest absolute Gasteiger partial charge is 0.0465 e. The maximum absolute atomic E-state index is 6.17. The van der Waals surface area contributed by atoms with Crippen molar-refractivity contribution in [1.82, 2.24) is 0 Å². The van der Waals surface area contributed by atoms with Gasteiger partial charge in [0.1, 0.15) is 0 Å². The molecule has 2 N–H and O–H groups in total. The van der Waals surface area contributed by atoms with Gasteiger partial charge < -0.3 is 10.5 Å². The van der Waals surface area contributed by atoms with Crippen LogP contribution in [-0.2, 0) is 4.74 Å². The molecule has 0 fully saturated rings. The largest absolute Gasteiger partial charge is 0.385 e. The Morgan fingerprint density at radius 2 is 1.93 bits per heavy atom. The summed E-state index contributed by atoms with van der Waals surface area (Å²) in [5, 5.41) is 0. The van der Waals surface area contributed by atoms with Crippen molar-refractivity contribution in [3.63, 3.8) is 0 Å². The lowest BCUT2D eigenvalue weighted by molar-refractivity contribution is 0.174. The summed E-state index contributed by atoms with van der Waals surface area (Å²) in [5.74, 6) is 0.449. The normalized spacial score (nSPS) is 14.9. The van der Waals surface area contributed by atoms with Gasteiger partial charge in [0.15, 0.2) is 0 Å². The molecule has 3 heteroatoms. The number of rotatable bonds is 5. The highest BCUT2D eigenvalue weighted by molar-refractivity contribution is 14.1. The van der Waals surface area contributed by atoms with Crippen LogP contribution in [0.5, 0.6) is 0 Å². The van der Waals surface area contributed by atoms with Gasteiger partial charge in [0, 0.05) is 23.3 Å². The zero-order valence-electron chi connectivity index (χ0n) is 9.24. The van der Waals surface area contributed by atoms with E-state index in [1.807, 2.05) is 0 Å². The molecule has 0 saturated heterocycles. The summed E-state index contributed by atoms with van der Waals surface area (Å²) < 4.78 is 6.30. The molecule has 2 unspecified atom stereocenters. The highest BCUT2D eigenvalue weighted by atomic mass is 127. The fraction of sp³-hybridized carbons (Fsp3) is 0.500. The number of nitrogens with two attached hydrogens (primary N) is 1. The first kappa shape index (κ1) is 12.9. The lowest BCUT2D eigenvalue weighted by Gasteiger charge is -2.19. The van der Waals surface area contributed by atoms with E-state index in [0.29, 0.717) is 5.92 Å². The van der Waals surface area contributed by atoms with Crippen LogP contribution in [0.3, 0.4) is 0 Å². The van der Waals surface area contributed by atoms with Crippen LogP contribution in [-0.4, -0.2) is 13.7 Å². The highest BCUT2D eigenvalue weighted by Crippen LogP contribution is 2.22. The number of halogens is 1. The zero-order chi connectivity index (χ0) is 11.3. The zero-order valence-corrected chi connectivity index (χ0v) is 11.4. The number of hydrogen-bond donors (Lipinski definition) is 1. The second-order valence-corrected chi connectivity index (χ2v) is 5.08. The number of ether oxygens (including phenoxy) is 1. The molecule has 2 atom stereocenters. The molecular weight excluding hydrogens is 301 g/mol. The summed E-state index contributed by atoms with van der Waals surface area (Å²) in [6.07, 6.45) is 1.00. The number of hydrogen-bond acceptors (Lipinski definition) is 2. The summed E-state index contributed by atoms with van der Waals surface area (Å²) >= 11 is 2.30. The molecule has 1 rings (SSSR count). The van der Waals surface area contributed by atoms with Crippen molar-refractivity contribution < 1.29 is 4.74 Å². The van der Waals surface area contributed by atoms with Crippen LogP contribution < -0.4 is 5.73 Å². The Morgan fingerprint density at radius 1 is 1.33 bits per heavy atom. The average molecular weight is 319 g/mol. The van der Waals surface area contributed by atoms with Crippen molar-refractivity contribution in [1.29, 1.82) is 0 Å². The van der Waals surface area contributed by atoms with Crippen molar-refractivity contribution >= 4 is 22.6 Å². The van der Waals surface area contributed by atoms with E-state index in [1.54, 1.807) is 7.11 Å². The van der Waals surface area contributed by atoms with E-state index in [2.05, 4.69) is 53.8 Å². The molecule has 0 aliphatic carbocycles. The monoisotopic (exact) mass is 319 g/mol. The Bertz CT molecular complexity index is 286. The number of benzene rings is 1. The topological polar surface area (TPSA) is 35.2 Å². The molecule has 0 saturated carbocycles. The Hall–Kier alpha value is -0.130. The fourth-order valence-electron chi connectivity index (χ4n) is 1.50. The molecule has 0 radical (unpaired) electrons. The van der Waals surface area contributed by atoms with E-state index >= 15 is 0 Å². The minimum atomic E-state index is 0.108. The molecule has 0 aliphatic rings. The van der Waals surface area contributed by atoms with Crippen molar-refractivity contribution in [2.24, 2.45) is 11.7 Å². The molecule has 0 bridgehead atoms. The SMILES string of the molecule is COCCC(C)C(N)c1ccc(I)cc1. The van der Waals surface area contributed by atoms with Crippen LogP contribution in [0, 0.1) is 9.49 Å². The Morgan fingerprint density at radius 3 is 2.47 bits per heavy atom. The summed E-state index contributed by atoms with van der Waals surface area (Å²) in [7, 11) is 1.73. The number of methoxy groups -OCH3 is 1. The molecule has 0 aromatic heterocycles. The first-order valence-electron chi connectivity index (χ1n) is 5.15. The second kappa shape index (κ2) is 6.45. The molecule has 0 heterocycles. The van der Waals surface area contributed by atoms with E-state index in [1.165, 1.54) is 9.13 Å². The Labute approximate surface area is 105 Å². The molecule has 2 nitrogen and oxygen atoms in total. The molecule has 0 amide bonds. The van der Waals surface area contributed by atoms with Crippen molar-refractivity contribution in [2.45, 2.75) is 19.4 Å². The minimum absolute atomic E-state index is 0.108. The summed E-state index contributed by atoms with van der Waals surface area (Å²) in [6.45, 7) is 2.95. The first-order valence-corrected chi connectivity index (χ1v) is 6.23. The van der Waals surface area contributed by atoms with E-state index in [-0.39, 0.29) is 6.04 Å². The average Bonchev–Trinajstić information content (AvgIpc) is 2.26. The molecule has 0 aliphatic heterocycles. The van der Waals surface area contributed by atoms with Crippen LogP contribution in [0.25, 0.3) is 0 Å². The van der Waals surface area contributed by atoms with Crippen LogP contribution in [0.4, 0.5) is 0 Å². The molecule has 1 aromatic carbocycles. The summed E-state index contributed by atoms with van der Waals surface area (Å²) in [4.78, 5) is 0. The maximum atomic E-state index is 6.17. The van der Waals surface area contributed by atoms with Gasteiger partial charge in [-0.3, -0.25) is 0 Å². The van der Waals surface area contributed by atoms with Gasteiger partial charge in [0.2, 0.25) is 0 Å². The van der Waals surface area contributed by atoms with Gasteiger partial charge in [0.05, 0.1) is 0 Å². The Kier molecular flexibility index (Phi) is 5.56. The van der Waals surface area contributed by atoms with Crippen LogP contribution in [0.15, 0.2) is 24.3 Å². The van der Waals surface area contributed by atoms with Gasteiger partial charge in [-0.2, -0.15) is 0 Å². The molecule has 0 spiro atoms. The molecule has 1 aromatic rings. The van der Waals surface area contributed by atoms with E-state index in [0.717, 1.165) is 13.0 Å². The van der Waals surface area contributed by atoms with Crippen LogP contribution >= 0.6 is 22.6 Å². The van der Waals surface area contributed by atoms with Gasteiger partial charge in [-0.15, -0.1) is 0 Å². The fourth-order valence-corrected chi connectivity index (χ4v) is 1.86. The van der Waals surface area contributed by atoms with Gasteiger partial charge in [-0.25, -0.2) is 0 Å². The summed E-state index contributed by atoms with van der Waals surface area (Å²) in [6, 6.07) is 8.51. The third-order valence-electron chi connectivity index (χ3n) is 2.65. The minimum Gasteiger partial charge on any atom is -0.385 e. The van der Waals surface area contributed by atoms with Crippen LogP contribution in [0.1, 0.15) is 24.9 Å². The van der Waals surface area contributed by atoms with Gasteiger partial charge in [-0.05, 0) is 52.6 Å². The predicted molar refractivity (Wildman–Crippen MR) is 71.7 cm³/mol. The standard InChI is InChI=1S/C12H18INO/c1-9(7-8-15-2)12(14)10-3-5-11(13)6-4-10/h3-6,9,12H,7-8,14H2,1-2H3. The molecule has 84 valence electrons. The lowest BCUT2D eigenvalue weighted by Crippen LogP contribution is -2.20. The predicted octanol–water partition coefficient (Wildman–Crippen LogP) is 2.96. The van der Waals surface area contributed by atoms with E-state index < -0.39 is 0 Å². The van der Waals surface area contributed by atoms with Gasteiger partial charge >= 0.3 is 0 Å².